The standard InChI is InChI=1S/C11H12BrN3S/c12-10-5-9(13)6-15-11(10)14-3-1-8-2-4-16-7-8/h2,4-7H,1,3,13H2,(H,14,15). The molecule has 2 aromatic rings. The van der Waals surface area contributed by atoms with Gasteiger partial charge in [-0.2, -0.15) is 11.3 Å². The Hall–Kier alpha value is -1.07. The van der Waals surface area contributed by atoms with Crippen molar-refractivity contribution in [2.24, 2.45) is 0 Å². The van der Waals surface area contributed by atoms with Gasteiger partial charge in [-0.25, -0.2) is 4.98 Å². The highest BCUT2D eigenvalue weighted by atomic mass is 79.9. The lowest BCUT2D eigenvalue weighted by Crippen LogP contribution is -2.06. The van der Waals surface area contributed by atoms with E-state index in [2.05, 4.69) is 43.1 Å². The largest absolute Gasteiger partial charge is 0.397 e. The molecule has 0 unspecified atom stereocenters. The van der Waals surface area contributed by atoms with E-state index in [0.29, 0.717) is 5.69 Å². The molecule has 2 aromatic heterocycles. The van der Waals surface area contributed by atoms with E-state index in [0.717, 1.165) is 23.3 Å². The molecule has 0 atom stereocenters. The number of pyridine rings is 1. The highest BCUT2D eigenvalue weighted by Gasteiger charge is 2.01. The SMILES string of the molecule is Nc1cnc(NCCc2ccsc2)c(Br)c1. The van der Waals surface area contributed by atoms with Crippen molar-refractivity contribution in [1.29, 1.82) is 0 Å². The summed E-state index contributed by atoms with van der Waals surface area (Å²) in [5.41, 5.74) is 7.63. The van der Waals surface area contributed by atoms with Gasteiger partial charge in [-0.15, -0.1) is 0 Å². The predicted octanol–water partition coefficient (Wildman–Crippen LogP) is 3.14. The van der Waals surface area contributed by atoms with Crippen LogP contribution in [0.5, 0.6) is 0 Å². The number of hydrogen-bond acceptors (Lipinski definition) is 4. The van der Waals surface area contributed by atoms with Crippen LogP contribution in [-0.2, 0) is 6.42 Å². The van der Waals surface area contributed by atoms with Gasteiger partial charge >= 0.3 is 0 Å². The minimum absolute atomic E-state index is 0.662. The van der Waals surface area contributed by atoms with E-state index in [4.69, 9.17) is 5.73 Å². The molecule has 0 bridgehead atoms. The number of rotatable bonds is 4. The molecule has 0 aliphatic heterocycles. The van der Waals surface area contributed by atoms with Crippen molar-refractivity contribution in [2.45, 2.75) is 6.42 Å². The average molecular weight is 298 g/mol. The van der Waals surface area contributed by atoms with Crippen molar-refractivity contribution >= 4 is 38.8 Å². The number of nitrogens with zero attached hydrogens (tertiary/aromatic N) is 1. The Bertz CT molecular complexity index is 456. The Balaban J connectivity index is 1.90. The molecular formula is C11H12BrN3S. The third-order valence-electron chi connectivity index (χ3n) is 2.15. The van der Waals surface area contributed by atoms with Crippen molar-refractivity contribution in [2.75, 3.05) is 17.6 Å². The molecule has 84 valence electrons. The van der Waals surface area contributed by atoms with Gasteiger partial charge in [0.25, 0.3) is 0 Å². The molecule has 0 aliphatic carbocycles. The van der Waals surface area contributed by atoms with Gasteiger partial charge in [0.05, 0.1) is 16.4 Å². The zero-order valence-corrected chi connectivity index (χ0v) is 11.0. The van der Waals surface area contributed by atoms with E-state index in [1.807, 2.05) is 6.07 Å². The van der Waals surface area contributed by atoms with Crippen molar-refractivity contribution in [3.8, 4) is 0 Å². The van der Waals surface area contributed by atoms with E-state index in [1.54, 1.807) is 17.5 Å². The zero-order chi connectivity index (χ0) is 11.4. The van der Waals surface area contributed by atoms with Crippen LogP contribution in [0.15, 0.2) is 33.6 Å². The minimum atomic E-state index is 0.662. The summed E-state index contributed by atoms with van der Waals surface area (Å²) in [6.07, 6.45) is 2.65. The number of hydrogen-bond donors (Lipinski definition) is 2. The first-order valence-corrected chi connectivity index (χ1v) is 6.65. The molecule has 0 radical (unpaired) electrons. The predicted molar refractivity (Wildman–Crippen MR) is 72.9 cm³/mol. The van der Waals surface area contributed by atoms with Crippen LogP contribution in [0, 0.1) is 0 Å². The summed E-state index contributed by atoms with van der Waals surface area (Å²) in [7, 11) is 0. The Morgan fingerprint density at radius 2 is 2.38 bits per heavy atom. The second-order valence-electron chi connectivity index (χ2n) is 3.41. The molecule has 0 amide bonds. The number of aromatic nitrogens is 1. The van der Waals surface area contributed by atoms with Gasteiger partial charge in [-0.3, -0.25) is 0 Å². The Kier molecular flexibility index (Phi) is 3.79. The molecule has 2 rings (SSSR count). The fourth-order valence-corrected chi connectivity index (χ4v) is 2.55. The van der Waals surface area contributed by atoms with Crippen LogP contribution in [0.3, 0.4) is 0 Å². The minimum Gasteiger partial charge on any atom is -0.397 e. The first-order chi connectivity index (χ1) is 7.75. The monoisotopic (exact) mass is 297 g/mol. The molecule has 3 nitrogen and oxygen atoms in total. The van der Waals surface area contributed by atoms with E-state index < -0.39 is 0 Å². The molecule has 0 aliphatic rings. The quantitative estimate of drug-likeness (QED) is 0.911. The third kappa shape index (κ3) is 2.96. The maximum Gasteiger partial charge on any atom is 0.140 e. The number of nitrogens with one attached hydrogen (secondary N) is 1. The molecule has 16 heavy (non-hydrogen) atoms. The van der Waals surface area contributed by atoms with Crippen molar-refractivity contribution in [3.63, 3.8) is 0 Å². The molecule has 0 aromatic carbocycles. The summed E-state index contributed by atoms with van der Waals surface area (Å²) in [5, 5.41) is 7.52. The topological polar surface area (TPSA) is 50.9 Å². The number of nitrogen functional groups attached to an aromatic ring is 1. The van der Waals surface area contributed by atoms with Gasteiger partial charge in [-0.05, 0) is 50.8 Å². The van der Waals surface area contributed by atoms with Crippen LogP contribution in [0.1, 0.15) is 5.56 Å². The smallest absolute Gasteiger partial charge is 0.140 e. The first-order valence-electron chi connectivity index (χ1n) is 4.91. The van der Waals surface area contributed by atoms with Gasteiger partial charge in [-0.1, -0.05) is 0 Å². The van der Waals surface area contributed by atoms with Crippen LogP contribution < -0.4 is 11.1 Å². The molecule has 3 N–H and O–H groups in total. The maximum atomic E-state index is 5.61. The highest BCUT2D eigenvalue weighted by Crippen LogP contribution is 2.21. The van der Waals surface area contributed by atoms with E-state index in [9.17, 15) is 0 Å². The zero-order valence-electron chi connectivity index (χ0n) is 8.61. The third-order valence-corrected chi connectivity index (χ3v) is 3.49. The summed E-state index contributed by atoms with van der Waals surface area (Å²) in [6, 6.07) is 3.98. The summed E-state index contributed by atoms with van der Waals surface area (Å²) < 4.78 is 0.901. The molecule has 0 saturated heterocycles. The van der Waals surface area contributed by atoms with E-state index in [1.165, 1.54) is 5.56 Å². The summed E-state index contributed by atoms with van der Waals surface area (Å²) >= 11 is 5.14. The Labute approximate surface area is 107 Å². The van der Waals surface area contributed by atoms with E-state index in [-0.39, 0.29) is 0 Å². The lowest BCUT2D eigenvalue weighted by atomic mass is 10.2. The van der Waals surface area contributed by atoms with Gasteiger partial charge < -0.3 is 11.1 Å². The molecule has 0 saturated carbocycles. The average Bonchev–Trinajstić information content (AvgIpc) is 2.74. The van der Waals surface area contributed by atoms with Gasteiger partial charge in [0.2, 0.25) is 0 Å². The van der Waals surface area contributed by atoms with E-state index >= 15 is 0 Å². The second kappa shape index (κ2) is 5.32. The molecule has 0 fully saturated rings. The lowest BCUT2D eigenvalue weighted by Gasteiger charge is -2.07. The Morgan fingerprint density at radius 3 is 3.06 bits per heavy atom. The van der Waals surface area contributed by atoms with Crippen molar-refractivity contribution in [1.82, 2.24) is 4.98 Å². The lowest BCUT2D eigenvalue weighted by molar-refractivity contribution is 1.01. The van der Waals surface area contributed by atoms with Crippen LogP contribution in [0.4, 0.5) is 11.5 Å². The normalized spacial score (nSPS) is 10.3. The molecule has 0 spiro atoms. The maximum absolute atomic E-state index is 5.61. The fourth-order valence-electron chi connectivity index (χ4n) is 1.34. The van der Waals surface area contributed by atoms with Gasteiger partial charge in [0.15, 0.2) is 0 Å². The van der Waals surface area contributed by atoms with Crippen LogP contribution in [0.25, 0.3) is 0 Å². The van der Waals surface area contributed by atoms with Gasteiger partial charge in [0.1, 0.15) is 5.82 Å². The Morgan fingerprint density at radius 1 is 1.50 bits per heavy atom. The molecule has 5 heteroatoms. The number of halogens is 1. The van der Waals surface area contributed by atoms with Crippen LogP contribution >= 0.6 is 27.3 Å². The first kappa shape index (κ1) is 11.4. The van der Waals surface area contributed by atoms with Crippen LogP contribution in [-0.4, -0.2) is 11.5 Å². The fraction of sp³-hybridized carbons (Fsp3) is 0.182. The summed E-state index contributed by atoms with van der Waals surface area (Å²) in [5.74, 6) is 0.837. The van der Waals surface area contributed by atoms with Crippen molar-refractivity contribution in [3.05, 3.63) is 39.1 Å². The van der Waals surface area contributed by atoms with Crippen LogP contribution in [0.2, 0.25) is 0 Å². The van der Waals surface area contributed by atoms with Gasteiger partial charge in [0, 0.05) is 6.54 Å². The molecule has 2 heterocycles. The highest BCUT2D eigenvalue weighted by molar-refractivity contribution is 9.10. The number of thiophene rings is 1. The number of anilines is 2. The number of nitrogens with two attached hydrogens (primary N) is 1. The molecular weight excluding hydrogens is 286 g/mol. The second-order valence-corrected chi connectivity index (χ2v) is 5.04. The summed E-state index contributed by atoms with van der Waals surface area (Å²) in [4.78, 5) is 4.22. The summed E-state index contributed by atoms with van der Waals surface area (Å²) in [6.45, 7) is 0.867. The van der Waals surface area contributed by atoms with Crippen molar-refractivity contribution < 1.29 is 0 Å².